The zero-order valence-electron chi connectivity index (χ0n) is 10.6. The molecular weight excluding hydrogens is 280 g/mol. The number of aliphatic carboxylic acids is 1. The predicted octanol–water partition coefficient (Wildman–Crippen LogP) is 2.42. The summed E-state index contributed by atoms with van der Waals surface area (Å²) in [7, 11) is 0. The normalized spacial score (nSPS) is 16.1. The standard InChI is InChI=1S/C13H13ClN4O2/c14-10-4-2-1-3-9(10)13-15-16-17-18(13)11(7-12(19)20)8-5-6-8/h1-4,8,11H,5-7H2,(H,19,20). The fraction of sp³-hybridized carbons (Fsp3) is 0.385. The number of benzene rings is 1. The molecule has 1 heterocycles. The lowest BCUT2D eigenvalue weighted by atomic mass is 10.1. The van der Waals surface area contributed by atoms with E-state index in [4.69, 9.17) is 16.7 Å². The number of carboxylic acids is 1. The van der Waals surface area contributed by atoms with Crippen molar-refractivity contribution >= 4 is 17.6 Å². The highest BCUT2D eigenvalue weighted by Gasteiger charge is 2.36. The van der Waals surface area contributed by atoms with Crippen molar-refractivity contribution in [3.63, 3.8) is 0 Å². The zero-order valence-corrected chi connectivity index (χ0v) is 11.4. The summed E-state index contributed by atoms with van der Waals surface area (Å²) >= 11 is 6.17. The first kappa shape index (κ1) is 13.1. The van der Waals surface area contributed by atoms with Crippen molar-refractivity contribution in [2.45, 2.75) is 25.3 Å². The summed E-state index contributed by atoms with van der Waals surface area (Å²) in [6, 6.07) is 7.06. The Bertz CT molecular complexity index is 639. The molecule has 2 aromatic rings. The highest BCUT2D eigenvalue weighted by Crippen LogP contribution is 2.42. The Kier molecular flexibility index (Phi) is 3.40. The average molecular weight is 293 g/mol. The number of hydrogen-bond donors (Lipinski definition) is 1. The van der Waals surface area contributed by atoms with E-state index in [9.17, 15) is 4.79 Å². The number of nitrogens with zero attached hydrogens (tertiary/aromatic N) is 4. The zero-order chi connectivity index (χ0) is 14.1. The van der Waals surface area contributed by atoms with Crippen molar-refractivity contribution in [1.82, 2.24) is 20.2 Å². The van der Waals surface area contributed by atoms with Crippen molar-refractivity contribution in [1.29, 1.82) is 0 Å². The van der Waals surface area contributed by atoms with Gasteiger partial charge >= 0.3 is 5.97 Å². The molecule has 1 unspecified atom stereocenters. The molecule has 0 amide bonds. The maximum Gasteiger partial charge on any atom is 0.305 e. The highest BCUT2D eigenvalue weighted by molar-refractivity contribution is 6.33. The lowest BCUT2D eigenvalue weighted by Gasteiger charge is -2.16. The molecule has 104 valence electrons. The van der Waals surface area contributed by atoms with E-state index in [1.807, 2.05) is 18.2 Å². The van der Waals surface area contributed by atoms with Crippen molar-refractivity contribution in [3.8, 4) is 11.4 Å². The third-order valence-electron chi connectivity index (χ3n) is 3.47. The van der Waals surface area contributed by atoms with Gasteiger partial charge in [0.1, 0.15) is 0 Å². The molecule has 1 aliphatic carbocycles. The molecule has 1 aromatic carbocycles. The Balaban J connectivity index is 2.00. The summed E-state index contributed by atoms with van der Waals surface area (Å²) < 4.78 is 1.60. The van der Waals surface area contributed by atoms with Crippen LogP contribution in [0.5, 0.6) is 0 Å². The minimum absolute atomic E-state index is 0.0210. The number of rotatable bonds is 5. The van der Waals surface area contributed by atoms with Crippen LogP contribution in [0.2, 0.25) is 5.02 Å². The van der Waals surface area contributed by atoms with Gasteiger partial charge in [-0.2, -0.15) is 0 Å². The topological polar surface area (TPSA) is 80.9 Å². The van der Waals surface area contributed by atoms with E-state index in [1.54, 1.807) is 10.7 Å². The second kappa shape index (κ2) is 5.20. The maximum atomic E-state index is 11.0. The van der Waals surface area contributed by atoms with Crippen molar-refractivity contribution in [2.24, 2.45) is 5.92 Å². The first-order valence-corrected chi connectivity index (χ1v) is 6.79. The largest absolute Gasteiger partial charge is 0.481 e. The molecular formula is C13H13ClN4O2. The van der Waals surface area contributed by atoms with E-state index in [-0.39, 0.29) is 12.5 Å². The number of carboxylic acid groups (broad SMARTS) is 1. The van der Waals surface area contributed by atoms with Gasteiger partial charge in [-0.05, 0) is 41.3 Å². The second-order valence-electron chi connectivity index (χ2n) is 4.93. The molecule has 0 bridgehead atoms. The molecule has 20 heavy (non-hydrogen) atoms. The van der Waals surface area contributed by atoms with Crippen LogP contribution >= 0.6 is 11.6 Å². The van der Waals surface area contributed by atoms with Gasteiger partial charge in [0.05, 0.1) is 17.5 Å². The monoisotopic (exact) mass is 292 g/mol. The Morgan fingerprint density at radius 3 is 2.85 bits per heavy atom. The molecule has 7 heteroatoms. The van der Waals surface area contributed by atoms with Crippen LogP contribution in [-0.4, -0.2) is 31.3 Å². The van der Waals surface area contributed by atoms with E-state index in [0.717, 1.165) is 18.4 Å². The SMILES string of the molecule is O=C(O)CC(C1CC1)n1nnnc1-c1ccccc1Cl. The minimum Gasteiger partial charge on any atom is -0.481 e. The molecule has 6 nitrogen and oxygen atoms in total. The van der Waals surface area contributed by atoms with Crippen LogP contribution in [0.1, 0.15) is 25.3 Å². The smallest absolute Gasteiger partial charge is 0.305 e. The Morgan fingerprint density at radius 2 is 2.20 bits per heavy atom. The molecule has 1 N–H and O–H groups in total. The summed E-state index contributed by atoms with van der Waals surface area (Å²) in [6.07, 6.45) is 2.05. The van der Waals surface area contributed by atoms with E-state index < -0.39 is 5.97 Å². The number of halogens is 1. The van der Waals surface area contributed by atoms with E-state index in [2.05, 4.69) is 15.5 Å². The molecule has 1 atom stereocenters. The average Bonchev–Trinajstić information content (AvgIpc) is 3.14. The fourth-order valence-corrected chi connectivity index (χ4v) is 2.57. The van der Waals surface area contributed by atoms with Crippen LogP contribution < -0.4 is 0 Å². The fourth-order valence-electron chi connectivity index (χ4n) is 2.35. The van der Waals surface area contributed by atoms with Crippen molar-refractivity contribution in [2.75, 3.05) is 0 Å². The van der Waals surface area contributed by atoms with Gasteiger partial charge in [-0.1, -0.05) is 23.7 Å². The van der Waals surface area contributed by atoms with E-state index in [1.165, 1.54) is 0 Å². The van der Waals surface area contributed by atoms with Gasteiger partial charge in [-0.3, -0.25) is 4.79 Å². The van der Waals surface area contributed by atoms with Crippen molar-refractivity contribution in [3.05, 3.63) is 29.3 Å². The van der Waals surface area contributed by atoms with Gasteiger partial charge in [0.15, 0.2) is 5.82 Å². The van der Waals surface area contributed by atoms with Crippen LogP contribution in [0.15, 0.2) is 24.3 Å². The van der Waals surface area contributed by atoms with Crippen LogP contribution in [-0.2, 0) is 4.79 Å². The van der Waals surface area contributed by atoms with Crippen LogP contribution in [0.3, 0.4) is 0 Å². The molecule has 1 fully saturated rings. The number of carbonyl (C=O) groups is 1. The quantitative estimate of drug-likeness (QED) is 0.915. The lowest BCUT2D eigenvalue weighted by molar-refractivity contribution is -0.138. The number of tetrazole rings is 1. The second-order valence-corrected chi connectivity index (χ2v) is 5.34. The molecule has 1 aliphatic rings. The predicted molar refractivity (Wildman–Crippen MR) is 72.3 cm³/mol. The summed E-state index contributed by atoms with van der Waals surface area (Å²) in [4.78, 5) is 11.0. The summed E-state index contributed by atoms with van der Waals surface area (Å²) in [5.74, 6) is 0.00657. The van der Waals surface area contributed by atoms with Gasteiger partial charge in [0.2, 0.25) is 0 Å². The number of aromatic nitrogens is 4. The van der Waals surface area contributed by atoms with Gasteiger partial charge in [-0.25, -0.2) is 4.68 Å². The molecule has 0 spiro atoms. The maximum absolute atomic E-state index is 11.0. The van der Waals surface area contributed by atoms with Crippen molar-refractivity contribution < 1.29 is 9.90 Å². The molecule has 1 aromatic heterocycles. The highest BCUT2D eigenvalue weighted by atomic mass is 35.5. The lowest BCUT2D eigenvalue weighted by Crippen LogP contribution is -2.18. The molecule has 3 rings (SSSR count). The Hall–Kier alpha value is -1.95. The molecule has 1 saturated carbocycles. The molecule has 0 saturated heterocycles. The van der Waals surface area contributed by atoms with Gasteiger partial charge in [0, 0.05) is 5.56 Å². The van der Waals surface area contributed by atoms with E-state index in [0.29, 0.717) is 16.8 Å². The van der Waals surface area contributed by atoms with E-state index >= 15 is 0 Å². The summed E-state index contributed by atoms with van der Waals surface area (Å²) in [5.41, 5.74) is 0.718. The summed E-state index contributed by atoms with van der Waals surface area (Å²) in [6.45, 7) is 0. The molecule has 0 radical (unpaired) electrons. The van der Waals surface area contributed by atoms with Gasteiger partial charge in [0.25, 0.3) is 0 Å². The Labute approximate surface area is 120 Å². The minimum atomic E-state index is -0.845. The van der Waals surface area contributed by atoms with Crippen LogP contribution in [0.4, 0.5) is 0 Å². The number of hydrogen-bond acceptors (Lipinski definition) is 4. The third kappa shape index (κ3) is 2.51. The first-order valence-electron chi connectivity index (χ1n) is 6.41. The third-order valence-corrected chi connectivity index (χ3v) is 3.80. The first-order chi connectivity index (χ1) is 9.66. The molecule has 0 aliphatic heterocycles. The van der Waals surface area contributed by atoms with Crippen LogP contribution in [0, 0.1) is 5.92 Å². The van der Waals surface area contributed by atoms with Gasteiger partial charge < -0.3 is 5.11 Å². The Morgan fingerprint density at radius 1 is 1.45 bits per heavy atom. The van der Waals surface area contributed by atoms with Crippen LogP contribution in [0.25, 0.3) is 11.4 Å². The van der Waals surface area contributed by atoms with Gasteiger partial charge in [-0.15, -0.1) is 5.10 Å². The summed E-state index contributed by atoms with van der Waals surface area (Å²) in [5, 5.41) is 21.3.